The van der Waals surface area contributed by atoms with E-state index in [-0.39, 0.29) is 18.2 Å². The highest BCUT2D eigenvalue weighted by Crippen LogP contribution is 2.51. The Kier molecular flexibility index (Phi) is 7.36. The maximum atomic E-state index is 13.7. The van der Waals surface area contributed by atoms with Gasteiger partial charge in [0.2, 0.25) is 5.91 Å². The number of aliphatic carboxylic acids is 1. The van der Waals surface area contributed by atoms with Crippen LogP contribution < -0.4 is 11.1 Å². The summed E-state index contributed by atoms with van der Waals surface area (Å²) in [6, 6.07) is 17.1. The molecule has 3 atom stereocenters. The van der Waals surface area contributed by atoms with Crippen molar-refractivity contribution < 1.29 is 32.3 Å². The smallest absolute Gasteiger partial charge is 0.475 e. The lowest BCUT2D eigenvalue weighted by Gasteiger charge is -2.17. The number of hydrogen-bond donors (Lipinski definition) is 3. The molecule has 0 unspecified atom stereocenters. The van der Waals surface area contributed by atoms with Crippen LogP contribution in [0.25, 0.3) is 0 Å². The molecule has 0 aliphatic heterocycles. The van der Waals surface area contributed by atoms with Gasteiger partial charge < -0.3 is 16.2 Å². The van der Waals surface area contributed by atoms with Crippen LogP contribution in [0.2, 0.25) is 0 Å². The minimum atomic E-state index is -5.08. The molecule has 0 saturated heterocycles. The van der Waals surface area contributed by atoms with Crippen LogP contribution in [0, 0.1) is 17.1 Å². The summed E-state index contributed by atoms with van der Waals surface area (Å²) in [6.07, 6.45) is -4.43. The maximum Gasteiger partial charge on any atom is 0.490 e. The normalized spacial score (nSPS) is 20.5. The predicted molar refractivity (Wildman–Crippen MR) is 102 cm³/mol. The van der Waals surface area contributed by atoms with Crippen molar-refractivity contribution in [3.8, 4) is 6.07 Å². The van der Waals surface area contributed by atoms with Gasteiger partial charge in [-0.1, -0.05) is 48.5 Å². The number of carbonyl (C=O) groups excluding carboxylic acids is 1. The highest BCUT2D eigenvalue weighted by molar-refractivity contribution is 5.84. The third-order valence-corrected chi connectivity index (χ3v) is 4.69. The highest BCUT2D eigenvalue weighted by atomic mass is 19.4. The van der Waals surface area contributed by atoms with E-state index in [0.717, 1.165) is 5.56 Å². The van der Waals surface area contributed by atoms with Gasteiger partial charge in [0, 0.05) is 5.92 Å². The van der Waals surface area contributed by atoms with Crippen molar-refractivity contribution in [3.63, 3.8) is 0 Å². The number of nitrogens with zero attached hydrogens (tertiary/aromatic N) is 1. The molecule has 0 aromatic heterocycles. The van der Waals surface area contributed by atoms with Gasteiger partial charge in [0.1, 0.15) is 11.4 Å². The van der Waals surface area contributed by atoms with Crippen molar-refractivity contribution in [2.24, 2.45) is 5.73 Å². The van der Waals surface area contributed by atoms with E-state index in [1.165, 1.54) is 6.07 Å². The summed E-state index contributed by atoms with van der Waals surface area (Å²) < 4.78 is 45.4. The van der Waals surface area contributed by atoms with E-state index in [1.807, 2.05) is 30.3 Å². The largest absolute Gasteiger partial charge is 0.490 e. The molecule has 2 aromatic carbocycles. The van der Waals surface area contributed by atoms with E-state index in [0.29, 0.717) is 12.0 Å². The molecule has 10 heteroatoms. The first-order valence-electron chi connectivity index (χ1n) is 9.07. The van der Waals surface area contributed by atoms with Gasteiger partial charge in [-0.15, -0.1) is 0 Å². The number of nitrogens with one attached hydrogen (secondary N) is 1. The number of nitriles is 1. The summed E-state index contributed by atoms with van der Waals surface area (Å²) in [5.74, 6) is -3.61. The lowest BCUT2D eigenvalue weighted by atomic mass is 10.0. The van der Waals surface area contributed by atoms with Crippen LogP contribution in [0.3, 0.4) is 0 Å². The van der Waals surface area contributed by atoms with E-state index in [4.69, 9.17) is 15.6 Å². The minimum Gasteiger partial charge on any atom is -0.475 e. The van der Waals surface area contributed by atoms with Crippen molar-refractivity contribution >= 4 is 11.9 Å². The van der Waals surface area contributed by atoms with Crippen molar-refractivity contribution in [2.45, 2.75) is 36.5 Å². The highest BCUT2D eigenvalue weighted by Gasteiger charge is 2.57. The molecule has 31 heavy (non-hydrogen) atoms. The molecule has 1 aliphatic carbocycles. The Hall–Kier alpha value is -3.45. The molecule has 164 valence electrons. The molecule has 1 saturated carbocycles. The average molecular weight is 437 g/mol. The molecule has 0 spiro atoms. The zero-order chi connectivity index (χ0) is 23.2. The number of halogens is 4. The lowest BCUT2D eigenvalue weighted by Crippen LogP contribution is -2.47. The molecule has 0 bridgehead atoms. The Labute approximate surface area is 175 Å². The van der Waals surface area contributed by atoms with Gasteiger partial charge in [0.15, 0.2) is 0 Å². The molecule has 1 fully saturated rings. The Bertz CT molecular complexity index is 976. The number of amides is 1. The summed E-state index contributed by atoms with van der Waals surface area (Å²) in [7, 11) is 0. The van der Waals surface area contributed by atoms with Crippen LogP contribution >= 0.6 is 0 Å². The molecule has 0 heterocycles. The molecule has 1 aliphatic rings. The number of carboxylic acid groups (broad SMARTS) is 1. The van der Waals surface area contributed by atoms with Crippen molar-refractivity contribution in [1.29, 1.82) is 5.26 Å². The summed E-state index contributed by atoms with van der Waals surface area (Å²) in [5.41, 5.74) is 6.40. The summed E-state index contributed by atoms with van der Waals surface area (Å²) in [5, 5.41) is 19.4. The Morgan fingerprint density at radius 1 is 1.19 bits per heavy atom. The van der Waals surface area contributed by atoms with Crippen LogP contribution in [-0.2, 0) is 16.0 Å². The predicted octanol–water partition coefficient (Wildman–Crippen LogP) is 2.89. The van der Waals surface area contributed by atoms with E-state index in [9.17, 15) is 27.6 Å². The first kappa shape index (κ1) is 23.8. The number of carbonyl (C=O) groups is 2. The van der Waals surface area contributed by atoms with Crippen LogP contribution in [0.5, 0.6) is 0 Å². The fourth-order valence-electron chi connectivity index (χ4n) is 2.95. The average Bonchev–Trinajstić information content (AvgIpc) is 3.44. The first-order chi connectivity index (χ1) is 14.5. The zero-order valence-corrected chi connectivity index (χ0v) is 16.1. The van der Waals surface area contributed by atoms with Crippen molar-refractivity contribution in [1.82, 2.24) is 5.32 Å². The third-order valence-electron chi connectivity index (χ3n) is 4.69. The van der Waals surface area contributed by atoms with Crippen LogP contribution in [0.4, 0.5) is 17.6 Å². The third kappa shape index (κ3) is 6.26. The second-order valence-electron chi connectivity index (χ2n) is 6.94. The van der Waals surface area contributed by atoms with E-state index < -0.39 is 29.6 Å². The van der Waals surface area contributed by atoms with E-state index >= 15 is 0 Å². The fourth-order valence-corrected chi connectivity index (χ4v) is 2.95. The first-order valence-corrected chi connectivity index (χ1v) is 9.07. The van der Waals surface area contributed by atoms with Crippen molar-refractivity contribution in [3.05, 3.63) is 71.5 Å². The lowest BCUT2D eigenvalue weighted by molar-refractivity contribution is -0.192. The van der Waals surface area contributed by atoms with Crippen LogP contribution in [0.15, 0.2) is 54.6 Å². The molecular weight excluding hydrogens is 418 g/mol. The zero-order valence-electron chi connectivity index (χ0n) is 16.1. The van der Waals surface area contributed by atoms with Gasteiger partial charge in [0.05, 0.1) is 12.1 Å². The van der Waals surface area contributed by atoms with Crippen molar-refractivity contribution in [2.75, 3.05) is 0 Å². The second-order valence-corrected chi connectivity index (χ2v) is 6.94. The van der Waals surface area contributed by atoms with Crippen LogP contribution in [0.1, 0.15) is 23.5 Å². The minimum absolute atomic E-state index is 0.0340. The molecule has 6 nitrogen and oxygen atoms in total. The molecule has 2 aromatic rings. The van der Waals surface area contributed by atoms with Gasteiger partial charge in [0.25, 0.3) is 0 Å². The molecule has 4 N–H and O–H groups in total. The SMILES string of the molecule is N#C[C@]1(NC(=O)[C@@H](N)Cc2ccccc2F)C[C@H]1c1ccccc1.O=C(O)C(F)(F)F. The molecule has 3 rings (SSSR count). The fraction of sp³-hybridized carbons (Fsp3) is 0.286. The Morgan fingerprint density at radius 2 is 1.74 bits per heavy atom. The Morgan fingerprint density at radius 3 is 2.26 bits per heavy atom. The molecule has 0 radical (unpaired) electrons. The van der Waals surface area contributed by atoms with Crippen LogP contribution in [-0.4, -0.2) is 34.7 Å². The van der Waals surface area contributed by atoms with Gasteiger partial charge >= 0.3 is 12.1 Å². The number of alkyl halides is 3. The van der Waals surface area contributed by atoms with E-state index in [1.54, 1.807) is 18.2 Å². The van der Waals surface area contributed by atoms with Gasteiger partial charge in [-0.3, -0.25) is 4.79 Å². The summed E-state index contributed by atoms with van der Waals surface area (Å²) in [6.45, 7) is 0. The number of rotatable bonds is 5. The Balaban J connectivity index is 0.000000423. The summed E-state index contributed by atoms with van der Waals surface area (Å²) in [4.78, 5) is 21.2. The summed E-state index contributed by atoms with van der Waals surface area (Å²) >= 11 is 0. The standard InChI is InChI=1S/C19H18FN3O.C2HF3O2/c20-16-9-5-4-8-14(16)10-17(22)18(24)23-19(12-21)11-15(19)13-6-2-1-3-7-13;3-2(4,5)1(6)7/h1-9,15,17H,10-11,22H2,(H,23,24);(H,6,7)/t15-,17-,19+;/m0./s1. The number of hydrogen-bond acceptors (Lipinski definition) is 4. The van der Waals surface area contributed by atoms with Gasteiger partial charge in [-0.2, -0.15) is 18.4 Å². The van der Waals surface area contributed by atoms with Gasteiger partial charge in [-0.05, 0) is 30.0 Å². The number of benzene rings is 2. The number of carboxylic acids is 1. The maximum absolute atomic E-state index is 13.7. The molecule has 1 amide bonds. The van der Waals surface area contributed by atoms with E-state index in [2.05, 4.69) is 11.4 Å². The number of nitrogens with two attached hydrogens (primary N) is 1. The quantitative estimate of drug-likeness (QED) is 0.622. The second kappa shape index (κ2) is 9.57. The topological polar surface area (TPSA) is 116 Å². The monoisotopic (exact) mass is 437 g/mol. The van der Waals surface area contributed by atoms with Gasteiger partial charge in [-0.25, -0.2) is 9.18 Å². The molecular formula is C21H19F4N3O3.